The SMILES string of the molecule is COCC1=C([C@H](O)CC/C(=C/c2cc(C)c(O)c(C)c2)c2ccccn2)[C@H](CO)[C@@H]2C(=O)N(CCCCCC(=O)O)C(=O)[C@@H]2C1. The molecule has 4 atom stereocenters. The second-order valence-corrected chi connectivity index (χ2v) is 12.1. The summed E-state index contributed by atoms with van der Waals surface area (Å²) >= 11 is 0. The Kier molecular flexibility index (Phi) is 11.7. The van der Waals surface area contributed by atoms with Crippen LogP contribution in [-0.2, 0) is 19.1 Å². The molecule has 10 heteroatoms. The minimum Gasteiger partial charge on any atom is -0.507 e. The summed E-state index contributed by atoms with van der Waals surface area (Å²) in [5, 5.41) is 41.4. The van der Waals surface area contributed by atoms with Crippen LogP contribution in [0.3, 0.4) is 0 Å². The van der Waals surface area contributed by atoms with E-state index in [0.717, 1.165) is 33.5 Å². The van der Waals surface area contributed by atoms with E-state index in [4.69, 9.17) is 9.84 Å². The van der Waals surface area contributed by atoms with Crippen LogP contribution >= 0.6 is 0 Å². The van der Waals surface area contributed by atoms with Crippen molar-refractivity contribution >= 4 is 29.4 Å². The molecular weight excluding hydrogens is 576 g/mol. The minimum absolute atomic E-state index is 0.0384. The zero-order chi connectivity index (χ0) is 32.7. The molecule has 2 aliphatic rings. The van der Waals surface area contributed by atoms with Crippen molar-refractivity contribution in [2.24, 2.45) is 17.8 Å². The fourth-order valence-electron chi connectivity index (χ4n) is 6.82. The molecule has 1 aliphatic heterocycles. The number of amides is 2. The lowest BCUT2D eigenvalue weighted by molar-refractivity contribution is -0.141. The van der Waals surface area contributed by atoms with Gasteiger partial charge >= 0.3 is 5.97 Å². The number of fused-ring (bicyclic) bond motifs is 1. The summed E-state index contributed by atoms with van der Waals surface area (Å²) in [7, 11) is 1.53. The molecule has 1 saturated heterocycles. The number of methoxy groups -OCH3 is 1. The Morgan fingerprint density at radius 1 is 1.11 bits per heavy atom. The third-order valence-electron chi connectivity index (χ3n) is 8.96. The number of carboxylic acids is 1. The number of hydrogen-bond acceptors (Lipinski definition) is 8. The number of imide groups is 1. The molecule has 0 unspecified atom stereocenters. The average Bonchev–Trinajstić information content (AvgIpc) is 3.25. The molecule has 1 aromatic heterocycles. The number of likely N-dealkylation sites (tertiary alicyclic amines) is 1. The molecule has 10 nitrogen and oxygen atoms in total. The van der Waals surface area contributed by atoms with Gasteiger partial charge in [-0.2, -0.15) is 0 Å². The summed E-state index contributed by atoms with van der Waals surface area (Å²) < 4.78 is 5.46. The van der Waals surface area contributed by atoms with Gasteiger partial charge in [-0.1, -0.05) is 12.5 Å². The number of aryl methyl sites for hydroxylation is 2. The number of aliphatic carboxylic acids is 1. The van der Waals surface area contributed by atoms with Crippen LogP contribution in [0.5, 0.6) is 5.75 Å². The number of aromatic hydroxyl groups is 1. The second-order valence-electron chi connectivity index (χ2n) is 12.1. The third kappa shape index (κ3) is 7.87. The zero-order valence-corrected chi connectivity index (χ0v) is 26.2. The quantitative estimate of drug-likeness (QED) is 0.130. The predicted molar refractivity (Wildman–Crippen MR) is 169 cm³/mol. The summed E-state index contributed by atoms with van der Waals surface area (Å²) in [6.45, 7) is 3.65. The van der Waals surface area contributed by atoms with Gasteiger partial charge in [-0.3, -0.25) is 24.3 Å². The third-order valence-corrected chi connectivity index (χ3v) is 8.96. The Bertz CT molecular complexity index is 1430. The number of ether oxygens (including phenoxy) is 1. The fraction of sp³-hybridized carbons (Fsp3) is 0.486. The molecule has 2 amide bonds. The molecule has 4 N–H and O–H groups in total. The van der Waals surface area contributed by atoms with E-state index in [1.165, 1.54) is 12.0 Å². The van der Waals surface area contributed by atoms with Gasteiger partial charge in [0.2, 0.25) is 11.8 Å². The molecule has 2 aromatic rings. The number of nitrogens with zero attached hydrogens (tertiary/aromatic N) is 2. The van der Waals surface area contributed by atoms with Crippen molar-refractivity contribution in [2.45, 2.75) is 64.9 Å². The van der Waals surface area contributed by atoms with E-state index in [2.05, 4.69) is 4.98 Å². The molecule has 45 heavy (non-hydrogen) atoms. The van der Waals surface area contributed by atoms with Crippen molar-refractivity contribution in [1.29, 1.82) is 0 Å². The Morgan fingerprint density at radius 2 is 1.84 bits per heavy atom. The number of unbranched alkanes of at least 4 members (excludes halogenated alkanes) is 2. The highest BCUT2D eigenvalue weighted by Gasteiger charge is 2.54. The number of carboxylic acid groups (broad SMARTS) is 1. The van der Waals surface area contributed by atoms with Gasteiger partial charge in [-0.25, -0.2) is 0 Å². The normalized spacial score (nSPS) is 21.0. The van der Waals surface area contributed by atoms with Gasteiger partial charge in [0.1, 0.15) is 5.75 Å². The van der Waals surface area contributed by atoms with E-state index in [9.17, 15) is 29.7 Å². The average molecular weight is 621 g/mol. The van der Waals surface area contributed by atoms with Gasteiger partial charge in [-0.15, -0.1) is 0 Å². The monoisotopic (exact) mass is 620 g/mol. The molecule has 242 valence electrons. The Morgan fingerprint density at radius 3 is 2.47 bits per heavy atom. The van der Waals surface area contributed by atoms with Crippen LogP contribution in [0.25, 0.3) is 11.6 Å². The molecule has 1 aliphatic carbocycles. The van der Waals surface area contributed by atoms with Crippen molar-refractivity contribution in [3.8, 4) is 5.75 Å². The molecule has 2 heterocycles. The molecule has 1 fully saturated rings. The zero-order valence-electron chi connectivity index (χ0n) is 26.2. The molecule has 0 saturated carbocycles. The molecule has 0 bridgehead atoms. The smallest absolute Gasteiger partial charge is 0.303 e. The largest absolute Gasteiger partial charge is 0.507 e. The first-order chi connectivity index (χ1) is 21.6. The number of aliphatic hydroxyl groups excluding tert-OH is 2. The fourth-order valence-corrected chi connectivity index (χ4v) is 6.82. The number of aromatic nitrogens is 1. The standard InChI is InChI=1S/C35H44N2O8/c1-21-15-23(16-22(2)33(21)42)17-24(28-9-6-7-13-36-28)11-12-29(39)31-25(20-45-3)18-26-32(27(31)19-38)35(44)37(34(26)43)14-8-4-5-10-30(40)41/h6-7,9,13,15-17,26-27,29,32,38-39,42H,4-5,8,10-12,14,18-20H2,1-3H3,(H,40,41)/b24-17-/t26-,27+,29-,32-/m1/s1. The van der Waals surface area contributed by atoms with Crippen molar-refractivity contribution in [3.05, 3.63) is 70.1 Å². The second kappa shape index (κ2) is 15.4. The highest BCUT2D eigenvalue weighted by molar-refractivity contribution is 6.05. The first kappa shape index (κ1) is 34.0. The lowest BCUT2D eigenvalue weighted by Gasteiger charge is -2.36. The Hall–Kier alpha value is -3.86. The van der Waals surface area contributed by atoms with Gasteiger partial charge in [0, 0.05) is 32.2 Å². The number of allylic oxidation sites excluding steroid dienone is 1. The number of pyridine rings is 1. The highest BCUT2D eigenvalue weighted by atomic mass is 16.5. The maximum atomic E-state index is 13.6. The van der Waals surface area contributed by atoms with Crippen LogP contribution in [-0.4, -0.2) is 81.1 Å². The predicted octanol–water partition coefficient (Wildman–Crippen LogP) is 4.29. The van der Waals surface area contributed by atoms with Crippen LogP contribution in [0, 0.1) is 31.6 Å². The molecule has 1 aromatic carbocycles. The minimum atomic E-state index is -1.00. The number of phenolic OH excluding ortho intramolecular Hbond substituents is 1. The number of benzene rings is 1. The first-order valence-electron chi connectivity index (χ1n) is 15.6. The van der Waals surface area contributed by atoms with Gasteiger partial charge in [0.25, 0.3) is 0 Å². The molecule has 0 radical (unpaired) electrons. The summed E-state index contributed by atoms with van der Waals surface area (Å²) in [6, 6.07) is 9.41. The van der Waals surface area contributed by atoms with E-state index in [0.29, 0.717) is 31.3 Å². The van der Waals surface area contributed by atoms with E-state index in [1.54, 1.807) is 6.20 Å². The summed E-state index contributed by atoms with van der Waals surface area (Å²) in [6.07, 6.45) is 5.26. The van der Waals surface area contributed by atoms with Gasteiger partial charge < -0.3 is 25.2 Å². The topological polar surface area (TPSA) is 157 Å². The summed E-state index contributed by atoms with van der Waals surface area (Å²) in [4.78, 5) is 43.6. The van der Waals surface area contributed by atoms with Gasteiger partial charge in [0.15, 0.2) is 0 Å². The van der Waals surface area contributed by atoms with Crippen molar-refractivity contribution in [2.75, 3.05) is 26.9 Å². The van der Waals surface area contributed by atoms with Crippen molar-refractivity contribution < 1.29 is 39.5 Å². The summed E-state index contributed by atoms with van der Waals surface area (Å²) in [5.41, 5.74) is 5.31. The van der Waals surface area contributed by atoms with Crippen molar-refractivity contribution in [1.82, 2.24) is 9.88 Å². The lowest BCUT2D eigenvalue weighted by Crippen LogP contribution is -2.39. The van der Waals surface area contributed by atoms with Gasteiger partial charge in [-0.05, 0) is 110 Å². The molecular formula is C35H44N2O8. The van der Waals surface area contributed by atoms with E-state index >= 15 is 0 Å². The number of hydrogen-bond donors (Lipinski definition) is 4. The van der Waals surface area contributed by atoms with E-state index < -0.39 is 36.4 Å². The number of phenols is 1. The maximum Gasteiger partial charge on any atom is 0.303 e. The Labute approximate surface area is 264 Å². The van der Waals surface area contributed by atoms with E-state index in [1.807, 2.05) is 50.3 Å². The van der Waals surface area contributed by atoms with Crippen LogP contribution < -0.4 is 0 Å². The molecule has 0 spiro atoms. The van der Waals surface area contributed by atoms with Crippen LogP contribution in [0.4, 0.5) is 0 Å². The Balaban J connectivity index is 1.57. The number of carbonyl (C=O) groups is 3. The van der Waals surface area contributed by atoms with Crippen molar-refractivity contribution in [3.63, 3.8) is 0 Å². The number of rotatable bonds is 15. The number of aliphatic hydroxyl groups is 2. The summed E-state index contributed by atoms with van der Waals surface area (Å²) in [5.74, 6) is -3.42. The van der Waals surface area contributed by atoms with Crippen LogP contribution in [0.15, 0.2) is 47.7 Å². The molecule has 4 rings (SSSR count). The first-order valence-corrected chi connectivity index (χ1v) is 15.6. The van der Waals surface area contributed by atoms with E-state index in [-0.39, 0.29) is 50.0 Å². The van der Waals surface area contributed by atoms with Crippen LogP contribution in [0.1, 0.15) is 67.3 Å². The van der Waals surface area contributed by atoms with Gasteiger partial charge in [0.05, 0.1) is 36.8 Å². The lowest BCUT2D eigenvalue weighted by atomic mass is 9.68. The number of carbonyl (C=O) groups excluding carboxylic acids is 2. The highest BCUT2D eigenvalue weighted by Crippen LogP contribution is 2.46. The van der Waals surface area contributed by atoms with Crippen LogP contribution in [0.2, 0.25) is 0 Å². The maximum absolute atomic E-state index is 13.6.